The van der Waals surface area contributed by atoms with Gasteiger partial charge in [-0.3, -0.25) is 0 Å². The zero-order valence-corrected chi connectivity index (χ0v) is 14.8. The Morgan fingerprint density at radius 3 is 2.57 bits per heavy atom. The summed E-state index contributed by atoms with van der Waals surface area (Å²) in [4.78, 5) is 11.6. The molecular formula is C16H25BrN2O2. The van der Waals surface area contributed by atoms with Crippen molar-refractivity contribution in [1.29, 1.82) is 0 Å². The van der Waals surface area contributed by atoms with Crippen molar-refractivity contribution >= 4 is 22.0 Å². The average Bonchev–Trinajstić information content (AvgIpc) is 2.38. The van der Waals surface area contributed by atoms with Crippen LogP contribution in [0.25, 0.3) is 0 Å². The molecule has 0 bridgehead atoms. The van der Waals surface area contributed by atoms with Crippen LogP contribution in [-0.2, 0) is 11.3 Å². The zero-order chi connectivity index (χ0) is 15.9. The minimum atomic E-state index is -0.464. The van der Waals surface area contributed by atoms with Gasteiger partial charge in [-0.05, 0) is 38.8 Å². The van der Waals surface area contributed by atoms with Gasteiger partial charge in [0.1, 0.15) is 5.60 Å². The molecular weight excluding hydrogens is 332 g/mol. The minimum absolute atomic E-state index is 0.213. The Morgan fingerprint density at radius 1 is 1.33 bits per heavy atom. The van der Waals surface area contributed by atoms with Gasteiger partial charge in [0.05, 0.1) is 0 Å². The molecule has 0 heterocycles. The first-order chi connectivity index (χ1) is 9.81. The van der Waals surface area contributed by atoms with Crippen molar-refractivity contribution in [1.82, 2.24) is 10.6 Å². The number of amides is 1. The van der Waals surface area contributed by atoms with Crippen molar-refractivity contribution in [3.8, 4) is 0 Å². The molecule has 0 aliphatic carbocycles. The summed E-state index contributed by atoms with van der Waals surface area (Å²) in [5.41, 5.74) is 0.738. The fraction of sp³-hybridized carbons (Fsp3) is 0.562. The maximum Gasteiger partial charge on any atom is 0.407 e. The highest BCUT2D eigenvalue weighted by atomic mass is 79.9. The van der Waals surface area contributed by atoms with Crippen LogP contribution in [0.3, 0.4) is 0 Å². The van der Waals surface area contributed by atoms with Gasteiger partial charge in [-0.1, -0.05) is 41.1 Å². The van der Waals surface area contributed by atoms with Crippen LogP contribution >= 0.6 is 15.9 Å². The molecule has 0 spiro atoms. The highest BCUT2D eigenvalue weighted by molar-refractivity contribution is 9.10. The Labute approximate surface area is 135 Å². The molecule has 118 valence electrons. The molecule has 21 heavy (non-hydrogen) atoms. The van der Waals surface area contributed by atoms with E-state index in [0.29, 0.717) is 6.54 Å². The third-order valence-electron chi connectivity index (χ3n) is 2.92. The van der Waals surface area contributed by atoms with E-state index in [-0.39, 0.29) is 12.1 Å². The third kappa shape index (κ3) is 7.48. The number of alkyl carbamates (subject to hydrolysis) is 1. The number of carbonyl (C=O) groups excluding carboxylic acids is 1. The predicted molar refractivity (Wildman–Crippen MR) is 89.3 cm³/mol. The Hall–Kier alpha value is -1.07. The quantitative estimate of drug-likeness (QED) is 0.813. The Balaban J connectivity index is 2.39. The van der Waals surface area contributed by atoms with Crippen LogP contribution in [-0.4, -0.2) is 24.3 Å². The van der Waals surface area contributed by atoms with Gasteiger partial charge < -0.3 is 15.4 Å². The van der Waals surface area contributed by atoms with E-state index < -0.39 is 5.60 Å². The fourth-order valence-electron chi connectivity index (χ4n) is 1.78. The number of nitrogens with one attached hydrogen (secondary N) is 2. The van der Waals surface area contributed by atoms with Gasteiger partial charge in [-0.2, -0.15) is 0 Å². The predicted octanol–water partition coefficient (Wildman–Crippen LogP) is 3.84. The molecule has 0 fully saturated rings. The largest absolute Gasteiger partial charge is 0.444 e. The highest BCUT2D eigenvalue weighted by Crippen LogP contribution is 2.15. The van der Waals surface area contributed by atoms with Crippen LogP contribution in [0.5, 0.6) is 0 Å². The summed E-state index contributed by atoms with van der Waals surface area (Å²) in [6.07, 6.45) is 0.559. The van der Waals surface area contributed by atoms with Gasteiger partial charge in [-0.25, -0.2) is 4.79 Å². The molecule has 1 aromatic carbocycles. The average molecular weight is 357 g/mol. The van der Waals surface area contributed by atoms with Gasteiger partial charge in [0.15, 0.2) is 0 Å². The second kappa shape index (κ2) is 8.39. The smallest absolute Gasteiger partial charge is 0.407 e. The maximum atomic E-state index is 11.6. The van der Waals surface area contributed by atoms with Crippen LogP contribution in [0, 0.1) is 0 Å². The number of halogens is 1. The summed E-state index contributed by atoms with van der Waals surface area (Å²) >= 11 is 3.53. The number of benzene rings is 1. The van der Waals surface area contributed by atoms with Crippen LogP contribution in [0.4, 0.5) is 4.79 Å². The lowest BCUT2D eigenvalue weighted by molar-refractivity contribution is 0.0522. The molecule has 1 atom stereocenters. The summed E-state index contributed by atoms with van der Waals surface area (Å²) < 4.78 is 6.32. The molecule has 0 aromatic heterocycles. The van der Waals surface area contributed by atoms with Gasteiger partial charge in [0.25, 0.3) is 0 Å². The first kappa shape index (κ1) is 18.0. The molecule has 1 aromatic rings. The van der Waals surface area contributed by atoms with Gasteiger partial charge in [-0.15, -0.1) is 0 Å². The molecule has 1 unspecified atom stereocenters. The lowest BCUT2D eigenvalue weighted by Gasteiger charge is -2.22. The van der Waals surface area contributed by atoms with Crippen LogP contribution in [0.1, 0.15) is 39.7 Å². The number of hydrogen-bond acceptors (Lipinski definition) is 3. The standard InChI is InChI=1S/C16H25BrN2O2/c1-5-13(11-19-15(20)21-16(2,3)4)18-10-12-8-6-7-9-14(12)17/h6-9,13,18H,5,10-11H2,1-4H3,(H,19,20). The normalized spacial score (nSPS) is 12.8. The van der Waals surface area contributed by atoms with E-state index in [1.165, 1.54) is 5.56 Å². The van der Waals surface area contributed by atoms with Crippen molar-refractivity contribution in [3.05, 3.63) is 34.3 Å². The summed E-state index contributed by atoms with van der Waals surface area (Å²) in [7, 11) is 0. The van der Waals surface area contributed by atoms with Crippen molar-refractivity contribution in [2.75, 3.05) is 6.54 Å². The van der Waals surface area contributed by atoms with Gasteiger partial charge in [0.2, 0.25) is 0 Å². The van der Waals surface area contributed by atoms with E-state index in [0.717, 1.165) is 17.4 Å². The number of carbonyl (C=O) groups is 1. The maximum absolute atomic E-state index is 11.6. The molecule has 0 aliphatic heterocycles. The molecule has 1 rings (SSSR count). The Kier molecular flexibility index (Phi) is 7.18. The van der Waals surface area contributed by atoms with E-state index in [1.54, 1.807) is 0 Å². The van der Waals surface area contributed by atoms with Crippen molar-refractivity contribution < 1.29 is 9.53 Å². The molecule has 1 amide bonds. The number of ether oxygens (including phenoxy) is 1. The first-order valence-electron chi connectivity index (χ1n) is 7.25. The Bertz CT molecular complexity index is 458. The van der Waals surface area contributed by atoms with Crippen molar-refractivity contribution in [2.45, 2.75) is 52.3 Å². The zero-order valence-electron chi connectivity index (χ0n) is 13.2. The van der Waals surface area contributed by atoms with Crippen LogP contribution < -0.4 is 10.6 Å². The topological polar surface area (TPSA) is 50.4 Å². The lowest BCUT2D eigenvalue weighted by Crippen LogP contribution is -2.42. The Morgan fingerprint density at radius 2 is 2.00 bits per heavy atom. The fourth-order valence-corrected chi connectivity index (χ4v) is 2.20. The molecule has 0 saturated heterocycles. The molecule has 0 saturated carbocycles. The molecule has 2 N–H and O–H groups in total. The van der Waals surface area contributed by atoms with E-state index in [4.69, 9.17) is 4.74 Å². The molecule has 0 aliphatic rings. The summed E-state index contributed by atoms with van der Waals surface area (Å²) in [6, 6.07) is 8.32. The third-order valence-corrected chi connectivity index (χ3v) is 3.70. The second-order valence-corrected chi connectivity index (χ2v) is 6.81. The minimum Gasteiger partial charge on any atom is -0.444 e. The van der Waals surface area contributed by atoms with Gasteiger partial charge in [0, 0.05) is 23.6 Å². The van der Waals surface area contributed by atoms with E-state index in [1.807, 2.05) is 39.0 Å². The first-order valence-corrected chi connectivity index (χ1v) is 8.04. The SMILES string of the molecule is CCC(CNC(=O)OC(C)(C)C)NCc1ccccc1Br. The van der Waals surface area contributed by atoms with Crippen LogP contribution in [0.15, 0.2) is 28.7 Å². The molecule has 5 heteroatoms. The van der Waals surface area contributed by atoms with Crippen LogP contribution in [0.2, 0.25) is 0 Å². The summed E-state index contributed by atoms with van der Waals surface area (Å²) in [5, 5.41) is 6.25. The molecule has 4 nitrogen and oxygen atoms in total. The highest BCUT2D eigenvalue weighted by Gasteiger charge is 2.16. The number of hydrogen-bond donors (Lipinski definition) is 2. The van der Waals surface area contributed by atoms with E-state index in [9.17, 15) is 4.79 Å². The van der Waals surface area contributed by atoms with Crippen molar-refractivity contribution in [2.24, 2.45) is 0 Å². The second-order valence-electron chi connectivity index (χ2n) is 5.96. The monoisotopic (exact) mass is 356 g/mol. The summed E-state index contributed by atoms with van der Waals surface area (Å²) in [6.45, 7) is 8.97. The van der Waals surface area contributed by atoms with E-state index in [2.05, 4.69) is 39.6 Å². The lowest BCUT2D eigenvalue weighted by atomic mass is 10.2. The van der Waals surface area contributed by atoms with Gasteiger partial charge >= 0.3 is 6.09 Å². The number of rotatable bonds is 6. The van der Waals surface area contributed by atoms with E-state index >= 15 is 0 Å². The molecule has 0 radical (unpaired) electrons. The van der Waals surface area contributed by atoms with Crippen molar-refractivity contribution in [3.63, 3.8) is 0 Å². The summed E-state index contributed by atoms with van der Waals surface area (Å²) in [5.74, 6) is 0.